The number of anilines is 1. The van der Waals surface area contributed by atoms with Crippen LogP contribution in [0, 0.1) is 11.3 Å². The van der Waals surface area contributed by atoms with E-state index in [0.29, 0.717) is 17.1 Å². The number of benzene rings is 1. The van der Waals surface area contributed by atoms with Gasteiger partial charge in [-0.15, -0.1) is 0 Å². The topological polar surface area (TPSA) is 35.8 Å². The largest absolute Gasteiger partial charge is 0.379 e. The summed E-state index contributed by atoms with van der Waals surface area (Å²) in [4.78, 5) is 0. The van der Waals surface area contributed by atoms with Crippen LogP contribution in [0.4, 0.5) is 5.69 Å². The fraction of sp³-hybridized carbons (Fsp3) is 0.100. The second-order valence-corrected chi connectivity index (χ2v) is 4.23. The molecule has 0 heterocycles. The fourth-order valence-electron chi connectivity index (χ4n) is 0.951. The maximum atomic E-state index is 8.81. The Bertz CT molecular complexity index is 396. The van der Waals surface area contributed by atoms with Crippen molar-refractivity contribution in [3.05, 3.63) is 39.8 Å². The molecule has 14 heavy (non-hydrogen) atoms. The third-order valence-electron chi connectivity index (χ3n) is 1.57. The molecule has 0 saturated heterocycles. The van der Waals surface area contributed by atoms with E-state index in [-0.39, 0.29) is 0 Å². The number of nitrogens with one attached hydrogen (secondary N) is 1. The zero-order valence-corrected chi connectivity index (χ0v) is 9.69. The highest BCUT2D eigenvalue weighted by atomic mass is 79.9. The molecule has 0 spiro atoms. The lowest BCUT2D eigenvalue weighted by Crippen LogP contribution is -2.02. The summed E-state index contributed by atoms with van der Waals surface area (Å²) in [7, 11) is 0. The van der Waals surface area contributed by atoms with Gasteiger partial charge in [0.25, 0.3) is 0 Å². The predicted molar refractivity (Wildman–Crippen MR) is 62.7 cm³/mol. The van der Waals surface area contributed by atoms with E-state index in [0.717, 1.165) is 10.2 Å². The van der Waals surface area contributed by atoms with E-state index in [4.69, 9.17) is 16.9 Å². The van der Waals surface area contributed by atoms with Crippen LogP contribution < -0.4 is 5.32 Å². The normalized spacial score (nSPS) is 9.21. The van der Waals surface area contributed by atoms with Crippen LogP contribution in [0.1, 0.15) is 5.56 Å². The monoisotopic (exact) mass is 270 g/mol. The molecule has 1 aromatic carbocycles. The molecule has 0 radical (unpaired) electrons. The Morgan fingerprint density at radius 3 is 2.93 bits per heavy atom. The van der Waals surface area contributed by atoms with Gasteiger partial charge in [0.2, 0.25) is 0 Å². The van der Waals surface area contributed by atoms with Gasteiger partial charge in [-0.1, -0.05) is 34.1 Å². The number of hydrogen-bond acceptors (Lipinski definition) is 2. The van der Waals surface area contributed by atoms with Gasteiger partial charge in [0.05, 0.1) is 11.3 Å². The summed E-state index contributed by atoms with van der Waals surface area (Å²) in [5, 5.41) is 12.5. The van der Waals surface area contributed by atoms with Gasteiger partial charge in [0.1, 0.15) is 6.07 Å². The molecule has 0 amide bonds. The average Bonchev–Trinajstić information content (AvgIpc) is 2.15. The van der Waals surface area contributed by atoms with Crippen LogP contribution in [0.25, 0.3) is 0 Å². The molecule has 0 bridgehead atoms. The molecule has 2 nitrogen and oxygen atoms in total. The van der Waals surface area contributed by atoms with E-state index in [1.54, 1.807) is 18.2 Å². The Morgan fingerprint density at radius 1 is 1.64 bits per heavy atom. The quantitative estimate of drug-likeness (QED) is 0.913. The van der Waals surface area contributed by atoms with Crippen LogP contribution in [0.3, 0.4) is 0 Å². The van der Waals surface area contributed by atoms with E-state index >= 15 is 0 Å². The first-order chi connectivity index (χ1) is 6.63. The molecule has 1 N–H and O–H groups in total. The molecule has 0 aromatic heterocycles. The molecule has 4 heteroatoms. The van der Waals surface area contributed by atoms with Crippen LogP contribution in [0.5, 0.6) is 0 Å². The second kappa shape index (κ2) is 5.04. The number of nitriles is 1. The zero-order valence-electron chi connectivity index (χ0n) is 7.35. The lowest BCUT2D eigenvalue weighted by atomic mass is 10.2. The van der Waals surface area contributed by atoms with Crippen LogP contribution in [0.2, 0.25) is 5.02 Å². The van der Waals surface area contributed by atoms with Crippen molar-refractivity contribution in [1.29, 1.82) is 5.26 Å². The molecule has 1 aromatic rings. The van der Waals surface area contributed by atoms with Gasteiger partial charge in [-0.2, -0.15) is 5.26 Å². The van der Waals surface area contributed by atoms with Crippen molar-refractivity contribution in [2.75, 3.05) is 11.9 Å². The first-order valence-electron chi connectivity index (χ1n) is 3.90. The Morgan fingerprint density at radius 2 is 2.36 bits per heavy atom. The minimum absolute atomic E-state index is 0.565. The Kier molecular flexibility index (Phi) is 3.99. The zero-order chi connectivity index (χ0) is 10.6. The number of halogens is 2. The van der Waals surface area contributed by atoms with Gasteiger partial charge in [0.15, 0.2) is 0 Å². The smallest absolute Gasteiger partial charge is 0.101 e. The molecule has 0 aliphatic heterocycles. The van der Waals surface area contributed by atoms with Crippen LogP contribution in [0.15, 0.2) is 29.3 Å². The summed E-state index contributed by atoms with van der Waals surface area (Å²) in [5.74, 6) is 0. The Labute approximate surface area is 96.3 Å². The molecule has 0 atom stereocenters. The van der Waals surface area contributed by atoms with E-state index in [1.165, 1.54) is 0 Å². The van der Waals surface area contributed by atoms with Crippen molar-refractivity contribution in [3.63, 3.8) is 0 Å². The minimum Gasteiger partial charge on any atom is -0.379 e. The third-order valence-corrected chi connectivity index (χ3v) is 2.09. The lowest BCUT2D eigenvalue weighted by molar-refractivity contribution is 1.31. The van der Waals surface area contributed by atoms with E-state index in [1.807, 2.05) is 0 Å². The third kappa shape index (κ3) is 3.06. The standard InChI is InChI=1S/C10H8BrClN2/c1-7(11)6-14-10-4-9(12)3-2-8(10)5-13/h2-4,14H,1,6H2. The lowest BCUT2D eigenvalue weighted by Gasteiger charge is -2.07. The van der Waals surface area contributed by atoms with Gasteiger partial charge in [-0.3, -0.25) is 0 Å². The van der Waals surface area contributed by atoms with Gasteiger partial charge < -0.3 is 5.32 Å². The van der Waals surface area contributed by atoms with Gasteiger partial charge in [-0.25, -0.2) is 0 Å². The summed E-state index contributed by atoms with van der Waals surface area (Å²) in [6.07, 6.45) is 0. The molecule has 0 unspecified atom stereocenters. The second-order valence-electron chi connectivity index (χ2n) is 2.67. The number of rotatable bonds is 3. The molecule has 0 fully saturated rings. The van der Waals surface area contributed by atoms with E-state index in [2.05, 4.69) is 33.9 Å². The SMILES string of the molecule is C=C(Br)CNc1cc(Cl)ccc1C#N. The molecule has 0 saturated carbocycles. The Balaban J connectivity index is 2.89. The molecular weight excluding hydrogens is 263 g/mol. The molecular formula is C10H8BrClN2. The van der Waals surface area contributed by atoms with Gasteiger partial charge >= 0.3 is 0 Å². The van der Waals surface area contributed by atoms with Crippen LogP contribution >= 0.6 is 27.5 Å². The van der Waals surface area contributed by atoms with Gasteiger partial charge in [-0.05, 0) is 18.2 Å². The highest BCUT2D eigenvalue weighted by Gasteiger charge is 2.01. The first-order valence-corrected chi connectivity index (χ1v) is 5.07. The molecule has 72 valence electrons. The Hall–Kier alpha value is -0.980. The fourth-order valence-corrected chi connectivity index (χ4v) is 1.26. The minimum atomic E-state index is 0.565. The number of nitrogens with zero attached hydrogens (tertiary/aromatic N) is 1. The van der Waals surface area contributed by atoms with Crippen LogP contribution in [-0.2, 0) is 0 Å². The summed E-state index contributed by atoms with van der Waals surface area (Å²) in [5.41, 5.74) is 1.30. The van der Waals surface area contributed by atoms with Crippen molar-refractivity contribution in [2.45, 2.75) is 0 Å². The van der Waals surface area contributed by atoms with Crippen LogP contribution in [-0.4, -0.2) is 6.54 Å². The first kappa shape index (κ1) is 11.1. The van der Waals surface area contributed by atoms with E-state index in [9.17, 15) is 0 Å². The van der Waals surface area contributed by atoms with Crippen molar-refractivity contribution < 1.29 is 0 Å². The summed E-state index contributed by atoms with van der Waals surface area (Å²) in [6.45, 7) is 4.25. The summed E-state index contributed by atoms with van der Waals surface area (Å²) >= 11 is 9.03. The predicted octanol–water partition coefficient (Wildman–Crippen LogP) is 3.53. The summed E-state index contributed by atoms with van der Waals surface area (Å²) in [6, 6.07) is 7.17. The summed E-state index contributed by atoms with van der Waals surface area (Å²) < 4.78 is 0.821. The highest BCUT2D eigenvalue weighted by Crippen LogP contribution is 2.20. The van der Waals surface area contributed by atoms with Crippen molar-refractivity contribution in [1.82, 2.24) is 0 Å². The van der Waals surface area contributed by atoms with E-state index < -0.39 is 0 Å². The molecule has 0 aliphatic rings. The number of hydrogen-bond donors (Lipinski definition) is 1. The maximum absolute atomic E-state index is 8.81. The molecule has 0 aliphatic carbocycles. The maximum Gasteiger partial charge on any atom is 0.101 e. The van der Waals surface area contributed by atoms with Crippen molar-refractivity contribution in [2.24, 2.45) is 0 Å². The van der Waals surface area contributed by atoms with Crippen molar-refractivity contribution in [3.8, 4) is 6.07 Å². The van der Waals surface area contributed by atoms with Gasteiger partial charge in [0, 0.05) is 16.0 Å². The molecule has 1 rings (SSSR count). The highest BCUT2D eigenvalue weighted by molar-refractivity contribution is 9.11. The van der Waals surface area contributed by atoms with Crippen molar-refractivity contribution >= 4 is 33.2 Å². The average molecular weight is 272 g/mol.